The zero-order valence-electron chi connectivity index (χ0n) is 10.5. The summed E-state index contributed by atoms with van der Waals surface area (Å²) in [5.74, 6) is 0.0836. The number of fused-ring (bicyclic) bond motifs is 3. The van der Waals surface area contributed by atoms with Crippen molar-refractivity contribution in [1.82, 2.24) is 4.90 Å². The number of carboxylic acid groups (broad SMARTS) is 1. The molecule has 3 nitrogen and oxygen atoms in total. The van der Waals surface area contributed by atoms with E-state index in [1.807, 2.05) is 12.1 Å². The molecule has 96 valence electrons. The van der Waals surface area contributed by atoms with Gasteiger partial charge in [0, 0.05) is 6.04 Å². The van der Waals surface area contributed by atoms with E-state index in [1.54, 1.807) is 12.1 Å². The average Bonchev–Trinajstić information content (AvgIpc) is 2.41. The van der Waals surface area contributed by atoms with Crippen molar-refractivity contribution >= 4 is 5.97 Å². The van der Waals surface area contributed by atoms with E-state index in [-0.39, 0.29) is 0 Å². The van der Waals surface area contributed by atoms with Crippen LogP contribution in [0.1, 0.15) is 35.2 Å². The van der Waals surface area contributed by atoms with Crippen LogP contribution in [-0.2, 0) is 6.42 Å². The second-order valence-corrected chi connectivity index (χ2v) is 5.58. The zero-order valence-corrected chi connectivity index (χ0v) is 10.5. The molecule has 1 aromatic rings. The fourth-order valence-corrected chi connectivity index (χ4v) is 3.36. The van der Waals surface area contributed by atoms with Gasteiger partial charge in [-0.1, -0.05) is 12.1 Å². The molecule has 3 aliphatic rings. The molecule has 0 radical (unpaired) electrons. The highest BCUT2D eigenvalue weighted by atomic mass is 16.4. The summed E-state index contributed by atoms with van der Waals surface area (Å²) >= 11 is 0. The molecule has 0 aromatic heterocycles. The zero-order chi connectivity index (χ0) is 12.5. The first kappa shape index (κ1) is 11.7. The third-order valence-corrected chi connectivity index (χ3v) is 4.44. The topological polar surface area (TPSA) is 40.5 Å². The lowest BCUT2D eigenvalue weighted by Gasteiger charge is -2.45. The van der Waals surface area contributed by atoms with Crippen LogP contribution in [0.15, 0.2) is 24.3 Å². The van der Waals surface area contributed by atoms with Crippen molar-refractivity contribution in [2.75, 3.05) is 13.1 Å². The van der Waals surface area contributed by atoms with Gasteiger partial charge in [-0.2, -0.15) is 0 Å². The average molecular weight is 245 g/mol. The van der Waals surface area contributed by atoms with Crippen molar-refractivity contribution in [2.45, 2.75) is 31.7 Å². The van der Waals surface area contributed by atoms with E-state index >= 15 is 0 Å². The quantitative estimate of drug-likeness (QED) is 0.889. The molecule has 0 spiro atoms. The van der Waals surface area contributed by atoms with E-state index in [0.717, 1.165) is 12.3 Å². The maximum atomic E-state index is 10.8. The predicted octanol–water partition coefficient (Wildman–Crippen LogP) is 2.41. The van der Waals surface area contributed by atoms with Gasteiger partial charge < -0.3 is 10.0 Å². The molecule has 2 bridgehead atoms. The number of piperidine rings is 3. The van der Waals surface area contributed by atoms with Crippen LogP contribution in [0.2, 0.25) is 0 Å². The molecule has 1 aromatic carbocycles. The molecule has 3 fully saturated rings. The predicted molar refractivity (Wildman–Crippen MR) is 69.8 cm³/mol. The Morgan fingerprint density at radius 3 is 2.39 bits per heavy atom. The molecule has 3 saturated heterocycles. The van der Waals surface area contributed by atoms with Gasteiger partial charge in [0.15, 0.2) is 0 Å². The van der Waals surface area contributed by atoms with Crippen LogP contribution in [0.3, 0.4) is 0 Å². The number of aromatic carboxylic acids is 1. The molecule has 0 saturated carbocycles. The Bertz CT molecular complexity index is 432. The van der Waals surface area contributed by atoms with Crippen LogP contribution in [0, 0.1) is 5.92 Å². The summed E-state index contributed by atoms with van der Waals surface area (Å²) < 4.78 is 0. The van der Waals surface area contributed by atoms with Crippen LogP contribution in [0.5, 0.6) is 0 Å². The Labute approximate surface area is 107 Å². The van der Waals surface area contributed by atoms with E-state index in [4.69, 9.17) is 5.11 Å². The molecule has 3 heterocycles. The van der Waals surface area contributed by atoms with Crippen molar-refractivity contribution in [2.24, 2.45) is 5.92 Å². The number of carboxylic acids is 1. The minimum atomic E-state index is -0.845. The third-order valence-electron chi connectivity index (χ3n) is 4.44. The van der Waals surface area contributed by atoms with E-state index in [1.165, 1.54) is 37.9 Å². The standard InChI is InChI=1S/C15H19NO2/c17-15(18)13-3-1-11(2-4-13)9-14-10-12-5-7-16(14)8-6-12/h1-4,12,14H,5-10H2,(H,17,18). The molecular formula is C15H19NO2. The Hall–Kier alpha value is -1.35. The number of rotatable bonds is 3. The van der Waals surface area contributed by atoms with Crippen molar-refractivity contribution < 1.29 is 9.90 Å². The molecule has 3 aliphatic heterocycles. The number of hydrogen-bond acceptors (Lipinski definition) is 2. The third kappa shape index (κ3) is 2.27. The van der Waals surface area contributed by atoms with Crippen LogP contribution >= 0.6 is 0 Å². The van der Waals surface area contributed by atoms with Crippen LogP contribution < -0.4 is 0 Å². The summed E-state index contributed by atoms with van der Waals surface area (Å²) in [5.41, 5.74) is 1.64. The molecule has 1 N–H and O–H groups in total. The van der Waals surface area contributed by atoms with Crippen molar-refractivity contribution in [3.05, 3.63) is 35.4 Å². The molecule has 1 unspecified atom stereocenters. The smallest absolute Gasteiger partial charge is 0.335 e. The van der Waals surface area contributed by atoms with Crippen molar-refractivity contribution in [3.8, 4) is 0 Å². The Kier molecular flexibility index (Phi) is 3.08. The van der Waals surface area contributed by atoms with Gasteiger partial charge in [-0.25, -0.2) is 4.79 Å². The SMILES string of the molecule is O=C(O)c1ccc(CC2CC3CCN2CC3)cc1. The second-order valence-electron chi connectivity index (χ2n) is 5.58. The fraction of sp³-hybridized carbons (Fsp3) is 0.533. The number of carbonyl (C=O) groups is 1. The first-order valence-electron chi connectivity index (χ1n) is 6.78. The van der Waals surface area contributed by atoms with Crippen LogP contribution in [-0.4, -0.2) is 35.1 Å². The van der Waals surface area contributed by atoms with Crippen LogP contribution in [0.25, 0.3) is 0 Å². The van der Waals surface area contributed by atoms with Gasteiger partial charge in [0.05, 0.1) is 5.56 Å². The lowest BCUT2D eigenvalue weighted by molar-refractivity contribution is 0.0498. The molecular weight excluding hydrogens is 226 g/mol. The van der Waals surface area contributed by atoms with Gasteiger partial charge in [0.1, 0.15) is 0 Å². The van der Waals surface area contributed by atoms with E-state index in [0.29, 0.717) is 11.6 Å². The highest BCUT2D eigenvalue weighted by molar-refractivity contribution is 5.87. The summed E-state index contributed by atoms with van der Waals surface area (Å²) in [6.07, 6.45) is 5.12. The first-order valence-corrected chi connectivity index (χ1v) is 6.78. The summed E-state index contributed by atoms with van der Waals surface area (Å²) in [4.78, 5) is 13.4. The van der Waals surface area contributed by atoms with E-state index in [2.05, 4.69) is 4.90 Å². The molecule has 1 atom stereocenters. The van der Waals surface area contributed by atoms with Gasteiger partial charge in [-0.05, 0) is 62.4 Å². The molecule has 18 heavy (non-hydrogen) atoms. The number of hydrogen-bond donors (Lipinski definition) is 1. The normalized spacial score (nSPS) is 30.3. The summed E-state index contributed by atoms with van der Waals surface area (Å²) in [6.45, 7) is 2.51. The largest absolute Gasteiger partial charge is 0.478 e. The van der Waals surface area contributed by atoms with Gasteiger partial charge >= 0.3 is 5.97 Å². The van der Waals surface area contributed by atoms with Crippen molar-refractivity contribution in [1.29, 1.82) is 0 Å². The Morgan fingerprint density at radius 1 is 1.22 bits per heavy atom. The van der Waals surface area contributed by atoms with Gasteiger partial charge in [0.2, 0.25) is 0 Å². The summed E-state index contributed by atoms with van der Waals surface area (Å²) in [7, 11) is 0. The monoisotopic (exact) mass is 245 g/mol. The maximum Gasteiger partial charge on any atom is 0.335 e. The number of benzene rings is 1. The van der Waals surface area contributed by atoms with Gasteiger partial charge in [-0.3, -0.25) is 0 Å². The number of nitrogens with zero attached hydrogens (tertiary/aromatic N) is 1. The lowest BCUT2D eigenvalue weighted by atomic mass is 9.81. The summed E-state index contributed by atoms with van der Waals surface area (Å²) in [5, 5.41) is 8.87. The molecule has 0 aliphatic carbocycles. The fourth-order valence-electron chi connectivity index (χ4n) is 3.36. The minimum absolute atomic E-state index is 0.379. The maximum absolute atomic E-state index is 10.8. The van der Waals surface area contributed by atoms with E-state index in [9.17, 15) is 4.79 Å². The van der Waals surface area contributed by atoms with E-state index < -0.39 is 5.97 Å². The van der Waals surface area contributed by atoms with Crippen molar-refractivity contribution in [3.63, 3.8) is 0 Å². The van der Waals surface area contributed by atoms with Crippen LogP contribution in [0.4, 0.5) is 0 Å². The first-order chi connectivity index (χ1) is 8.72. The molecule has 0 amide bonds. The second kappa shape index (κ2) is 4.73. The highest BCUT2D eigenvalue weighted by Gasteiger charge is 2.33. The lowest BCUT2D eigenvalue weighted by Crippen LogP contribution is -2.49. The minimum Gasteiger partial charge on any atom is -0.478 e. The van der Waals surface area contributed by atoms with Gasteiger partial charge in [-0.15, -0.1) is 0 Å². The Morgan fingerprint density at radius 2 is 1.89 bits per heavy atom. The Balaban J connectivity index is 1.67. The highest BCUT2D eigenvalue weighted by Crippen LogP contribution is 2.33. The summed E-state index contributed by atoms with van der Waals surface area (Å²) in [6, 6.07) is 8.04. The molecule has 4 rings (SSSR count). The molecule has 3 heteroatoms. The van der Waals surface area contributed by atoms with Gasteiger partial charge in [0.25, 0.3) is 0 Å².